The number of rotatable bonds is 3. The number of carbonyl (C=O) groups excluding carboxylic acids is 1. The van der Waals surface area contributed by atoms with Gasteiger partial charge in [-0.05, 0) is 25.0 Å². The monoisotopic (exact) mass is 219 g/mol. The summed E-state index contributed by atoms with van der Waals surface area (Å²) >= 11 is 0. The van der Waals surface area contributed by atoms with Gasteiger partial charge >= 0.3 is 0 Å². The van der Waals surface area contributed by atoms with Gasteiger partial charge in [0.05, 0.1) is 5.54 Å². The van der Waals surface area contributed by atoms with E-state index in [4.69, 9.17) is 5.73 Å². The Bertz CT molecular complexity index is 358. The molecule has 1 aromatic rings. The van der Waals surface area contributed by atoms with Crippen molar-refractivity contribution in [3.05, 3.63) is 30.1 Å². The molecule has 0 aromatic carbocycles. The topological polar surface area (TPSA) is 68.0 Å². The normalized spacial score (nSPS) is 18.3. The lowest BCUT2D eigenvalue weighted by molar-refractivity contribution is 0.0903. The van der Waals surface area contributed by atoms with E-state index in [9.17, 15) is 4.79 Å². The lowest BCUT2D eigenvalue weighted by atomic mass is 9.97. The first kappa shape index (κ1) is 11.1. The highest BCUT2D eigenvalue weighted by molar-refractivity contribution is 5.94. The summed E-state index contributed by atoms with van der Waals surface area (Å²) in [5.74, 6) is -0.0465. The number of hydrogen-bond donors (Lipinski definition) is 2. The molecule has 0 unspecified atom stereocenters. The molecule has 1 aliphatic rings. The lowest BCUT2D eigenvalue weighted by Crippen LogP contribution is -2.51. The average molecular weight is 219 g/mol. The Morgan fingerprint density at radius 1 is 1.38 bits per heavy atom. The number of nitrogens with zero attached hydrogens (tertiary/aromatic N) is 1. The summed E-state index contributed by atoms with van der Waals surface area (Å²) < 4.78 is 0. The molecule has 2 rings (SSSR count). The fraction of sp³-hybridized carbons (Fsp3) is 0.500. The van der Waals surface area contributed by atoms with Crippen LogP contribution in [-0.4, -0.2) is 23.0 Å². The third-order valence-electron chi connectivity index (χ3n) is 3.27. The van der Waals surface area contributed by atoms with Crippen molar-refractivity contribution in [2.24, 2.45) is 5.73 Å². The lowest BCUT2D eigenvalue weighted by Gasteiger charge is -2.28. The van der Waals surface area contributed by atoms with Gasteiger partial charge in [0.2, 0.25) is 0 Å². The molecule has 0 saturated heterocycles. The summed E-state index contributed by atoms with van der Waals surface area (Å²) in [6.07, 6.45) is 7.51. The van der Waals surface area contributed by atoms with Crippen LogP contribution in [0.4, 0.5) is 0 Å². The third-order valence-corrected chi connectivity index (χ3v) is 3.27. The minimum atomic E-state index is -0.180. The van der Waals surface area contributed by atoms with Gasteiger partial charge in [-0.1, -0.05) is 12.8 Å². The van der Waals surface area contributed by atoms with Crippen LogP contribution in [0.15, 0.2) is 24.5 Å². The van der Waals surface area contributed by atoms with Crippen LogP contribution in [0.25, 0.3) is 0 Å². The molecule has 1 aliphatic carbocycles. The van der Waals surface area contributed by atoms with Crippen LogP contribution in [0.5, 0.6) is 0 Å². The predicted molar refractivity (Wildman–Crippen MR) is 62.0 cm³/mol. The second-order valence-corrected chi connectivity index (χ2v) is 4.38. The van der Waals surface area contributed by atoms with E-state index < -0.39 is 0 Å². The summed E-state index contributed by atoms with van der Waals surface area (Å²) in [4.78, 5) is 15.9. The molecule has 1 heterocycles. The SMILES string of the molecule is NCC1(NC(=O)c2ccncc2)CCCC1. The number of nitrogens with one attached hydrogen (secondary N) is 1. The minimum absolute atomic E-state index is 0.0465. The van der Waals surface area contributed by atoms with Gasteiger partial charge in [0.25, 0.3) is 5.91 Å². The van der Waals surface area contributed by atoms with Crippen molar-refractivity contribution in [3.63, 3.8) is 0 Å². The molecule has 1 fully saturated rings. The Kier molecular flexibility index (Phi) is 3.19. The molecule has 0 aliphatic heterocycles. The maximum atomic E-state index is 12.0. The number of nitrogens with two attached hydrogens (primary N) is 1. The quantitative estimate of drug-likeness (QED) is 0.799. The number of aromatic nitrogens is 1. The molecule has 86 valence electrons. The van der Waals surface area contributed by atoms with Crippen LogP contribution in [0.3, 0.4) is 0 Å². The number of carbonyl (C=O) groups is 1. The van der Waals surface area contributed by atoms with Crippen LogP contribution < -0.4 is 11.1 Å². The fourth-order valence-corrected chi connectivity index (χ4v) is 2.25. The summed E-state index contributed by atoms with van der Waals surface area (Å²) in [5, 5.41) is 3.07. The molecule has 16 heavy (non-hydrogen) atoms. The van der Waals surface area contributed by atoms with Gasteiger partial charge in [-0.15, -0.1) is 0 Å². The van der Waals surface area contributed by atoms with E-state index in [1.165, 1.54) is 0 Å². The van der Waals surface area contributed by atoms with Crippen LogP contribution in [0.2, 0.25) is 0 Å². The highest BCUT2D eigenvalue weighted by atomic mass is 16.1. The van der Waals surface area contributed by atoms with E-state index >= 15 is 0 Å². The van der Waals surface area contributed by atoms with Gasteiger partial charge in [0.1, 0.15) is 0 Å². The zero-order valence-electron chi connectivity index (χ0n) is 9.28. The molecule has 4 nitrogen and oxygen atoms in total. The van der Waals surface area contributed by atoms with Gasteiger partial charge in [-0.2, -0.15) is 0 Å². The molecule has 3 N–H and O–H groups in total. The van der Waals surface area contributed by atoms with E-state index in [2.05, 4.69) is 10.3 Å². The summed E-state index contributed by atoms with van der Waals surface area (Å²) in [6.45, 7) is 0.518. The van der Waals surface area contributed by atoms with Gasteiger partial charge in [-0.3, -0.25) is 9.78 Å². The van der Waals surface area contributed by atoms with E-state index in [1.807, 2.05) is 0 Å². The molecule has 4 heteroatoms. The maximum absolute atomic E-state index is 12.0. The Morgan fingerprint density at radius 3 is 2.56 bits per heavy atom. The van der Waals surface area contributed by atoms with Crippen LogP contribution >= 0.6 is 0 Å². The van der Waals surface area contributed by atoms with E-state index in [-0.39, 0.29) is 11.4 Å². The standard InChI is InChI=1S/C12H17N3O/c13-9-12(5-1-2-6-12)15-11(16)10-3-7-14-8-4-10/h3-4,7-8H,1-2,5-6,9,13H2,(H,15,16). The third kappa shape index (κ3) is 2.22. The Hall–Kier alpha value is -1.42. The molecule has 1 aromatic heterocycles. The number of pyridine rings is 1. The van der Waals surface area contributed by atoms with Gasteiger partial charge < -0.3 is 11.1 Å². The molecule has 0 bridgehead atoms. The molecular formula is C12H17N3O. The largest absolute Gasteiger partial charge is 0.345 e. The summed E-state index contributed by atoms with van der Waals surface area (Å²) in [7, 11) is 0. The first-order valence-corrected chi connectivity index (χ1v) is 5.68. The van der Waals surface area contributed by atoms with Crippen LogP contribution in [0.1, 0.15) is 36.0 Å². The van der Waals surface area contributed by atoms with Crippen molar-refractivity contribution in [3.8, 4) is 0 Å². The fourth-order valence-electron chi connectivity index (χ4n) is 2.25. The van der Waals surface area contributed by atoms with Crippen molar-refractivity contribution < 1.29 is 4.79 Å². The zero-order valence-corrected chi connectivity index (χ0v) is 9.28. The molecule has 1 saturated carbocycles. The van der Waals surface area contributed by atoms with Gasteiger partial charge in [0.15, 0.2) is 0 Å². The van der Waals surface area contributed by atoms with Crippen molar-refractivity contribution in [1.82, 2.24) is 10.3 Å². The number of hydrogen-bond acceptors (Lipinski definition) is 3. The van der Waals surface area contributed by atoms with Crippen molar-refractivity contribution >= 4 is 5.91 Å². The smallest absolute Gasteiger partial charge is 0.251 e. The second-order valence-electron chi connectivity index (χ2n) is 4.38. The van der Waals surface area contributed by atoms with E-state index in [0.29, 0.717) is 12.1 Å². The van der Waals surface area contributed by atoms with Crippen molar-refractivity contribution in [2.75, 3.05) is 6.54 Å². The average Bonchev–Trinajstić information content (AvgIpc) is 2.79. The van der Waals surface area contributed by atoms with Crippen LogP contribution in [-0.2, 0) is 0 Å². The van der Waals surface area contributed by atoms with E-state index in [0.717, 1.165) is 25.7 Å². The first-order valence-electron chi connectivity index (χ1n) is 5.68. The highest BCUT2D eigenvalue weighted by Crippen LogP contribution is 2.28. The zero-order chi connectivity index (χ0) is 11.4. The molecule has 0 spiro atoms. The molecule has 0 atom stereocenters. The predicted octanol–water partition coefficient (Wildman–Crippen LogP) is 1.08. The van der Waals surface area contributed by atoms with Crippen molar-refractivity contribution in [2.45, 2.75) is 31.2 Å². The molecular weight excluding hydrogens is 202 g/mol. The molecule has 0 radical (unpaired) electrons. The first-order chi connectivity index (χ1) is 7.76. The second kappa shape index (κ2) is 4.61. The van der Waals surface area contributed by atoms with Crippen LogP contribution in [0, 0.1) is 0 Å². The van der Waals surface area contributed by atoms with Gasteiger partial charge in [0, 0.05) is 24.5 Å². The Morgan fingerprint density at radius 2 is 2.00 bits per heavy atom. The Balaban J connectivity index is 2.07. The van der Waals surface area contributed by atoms with E-state index in [1.54, 1.807) is 24.5 Å². The minimum Gasteiger partial charge on any atom is -0.345 e. The van der Waals surface area contributed by atoms with Crippen molar-refractivity contribution in [1.29, 1.82) is 0 Å². The Labute approximate surface area is 95.3 Å². The number of amides is 1. The summed E-state index contributed by atoms with van der Waals surface area (Å²) in [6, 6.07) is 3.43. The van der Waals surface area contributed by atoms with Gasteiger partial charge in [-0.25, -0.2) is 0 Å². The highest BCUT2D eigenvalue weighted by Gasteiger charge is 2.33. The maximum Gasteiger partial charge on any atom is 0.251 e. The summed E-state index contributed by atoms with van der Waals surface area (Å²) in [5.41, 5.74) is 6.24. The molecule has 1 amide bonds.